The van der Waals surface area contributed by atoms with Gasteiger partial charge in [-0.3, -0.25) is 9.58 Å². The van der Waals surface area contributed by atoms with Crippen LogP contribution >= 0.6 is 0 Å². The van der Waals surface area contributed by atoms with Gasteiger partial charge in [0, 0.05) is 40.3 Å². The lowest BCUT2D eigenvalue weighted by Crippen LogP contribution is -2.34. The first-order chi connectivity index (χ1) is 12.5. The molecule has 0 aliphatic carbocycles. The van der Waals surface area contributed by atoms with Gasteiger partial charge in [0.1, 0.15) is 0 Å². The largest absolute Gasteiger partial charge is 0.332 e. The number of aromatic nitrogens is 2. The van der Waals surface area contributed by atoms with E-state index in [1.165, 1.54) is 21.7 Å². The molecule has 0 atom stereocenters. The first kappa shape index (κ1) is 18.5. The van der Waals surface area contributed by atoms with Crippen LogP contribution in [0.1, 0.15) is 35.9 Å². The third kappa shape index (κ3) is 4.64. The van der Waals surface area contributed by atoms with Gasteiger partial charge in [-0.2, -0.15) is 5.10 Å². The molecule has 1 aliphatic rings. The van der Waals surface area contributed by atoms with Crippen LogP contribution in [0, 0.1) is 0 Å². The molecule has 2 heterocycles. The van der Waals surface area contributed by atoms with E-state index in [1.807, 2.05) is 0 Å². The van der Waals surface area contributed by atoms with Crippen LogP contribution in [-0.2, 0) is 32.6 Å². The number of fused-ring (bicyclic) bond motifs is 1. The van der Waals surface area contributed by atoms with E-state index in [1.54, 1.807) is 14.1 Å². The molecule has 0 radical (unpaired) electrons. The minimum absolute atomic E-state index is 0.0923. The Bertz CT molecular complexity index is 735. The summed E-state index contributed by atoms with van der Waals surface area (Å²) in [4.78, 5) is 15.7. The molecule has 1 aliphatic heterocycles. The van der Waals surface area contributed by atoms with Crippen molar-refractivity contribution in [2.45, 2.75) is 45.9 Å². The lowest BCUT2D eigenvalue weighted by atomic mass is 10.1. The molecule has 0 unspecified atom stereocenters. The summed E-state index contributed by atoms with van der Waals surface area (Å²) in [6.45, 7) is 6.51. The number of amides is 2. The molecule has 2 aromatic rings. The van der Waals surface area contributed by atoms with E-state index in [9.17, 15) is 4.79 Å². The van der Waals surface area contributed by atoms with Crippen molar-refractivity contribution in [1.82, 2.24) is 24.9 Å². The van der Waals surface area contributed by atoms with Gasteiger partial charge in [0.2, 0.25) is 0 Å². The van der Waals surface area contributed by atoms with Crippen LogP contribution in [0.25, 0.3) is 0 Å². The lowest BCUT2D eigenvalue weighted by Gasteiger charge is -2.19. The number of carbonyl (C=O) groups excluding carboxylic acids is 1. The Morgan fingerprint density at radius 1 is 1.19 bits per heavy atom. The van der Waals surface area contributed by atoms with Gasteiger partial charge in [0.15, 0.2) is 0 Å². The molecular formula is C20H29N5O. The second kappa shape index (κ2) is 8.36. The zero-order valence-electron chi connectivity index (χ0n) is 16.0. The Kier molecular flexibility index (Phi) is 5.93. The molecule has 26 heavy (non-hydrogen) atoms. The van der Waals surface area contributed by atoms with Gasteiger partial charge in [-0.15, -0.1) is 0 Å². The van der Waals surface area contributed by atoms with E-state index in [-0.39, 0.29) is 6.03 Å². The highest BCUT2D eigenvalue weighted by atomic mass is 16.2. The third-order valence-corrected chi connectivity index (χ3v) is 4.81. The van der Waals surface area contributed by atoms with E-state index in [0.29, 0.717) is 6.54 Å². The molecule has 0 bridgehead atoms. The number of benzene rings is 1. The smallest absolute Gasteiger partial charge is 0.317 e. The molecule has 1 aromatic heterocycles. The Morgan fingerprint density at radius 3 is 2.62 bits per heavy atom. The minimum atomic E-state index is -0.0923. The summed E-state index contributed by atoms with van der Waals surface area (Å²) in [6, 6.07) is 11.0. The summed E-state index contributed by atoms with van der Waals surface area (Å²) in [6.07, 6.45) is 2.17. The van der Waals surface area contributed by atoms with Crippen molar-refractivity contribution < 1.29 is 4.79 Å². The number of carbonyl (C=O) groups is 1. The number of hydrogen-bond acceptors (Lipinski definition) is 3. The van der Waals surface area contributed by atoms with Crippen LogP contribution in [-0.4, -0.2) is 46.3 Å². The van der Waals surface area contributed by atoms with Gasteiger partial charge in [-0.1, -0.05) is 31.2 Å². The molecule has 2 amide bonds. The van der Waals surface area contributed by atoms with Crippen molar-refractivity contribution in [3.8, 4) is 0 Å². The van der Waals surface area contributed by atoms with Crippen LogP contribution in [0.3, 0.4) is 0 Å². The molecule has 6 heteroatoms. The van der Waals surface area contributed by atoms with Gasteiger partial charge in [-0.25, -0.2) is 4.79 Å². The zero-order valence-corrected chi connectivity index (χ0v) is 16.0. The minimum Gasteiger partial charge on any atom is -0.332 e. The number of nitrogens with zero attached hydrogens (tertiary/aromatic N) is 4. The van der Waals surface area contributed by atoms with E-state index in [0.717, 1.165) is 44.7 Å². The van der Waals surface area contributed by atoms with Gasteiger partial charge in [0.25, 0.3) is 0 Å². The van der Waals surface area contributed by atoms with Crippen molar-refractivity contribution in [2.75, 3.05) is 20.6 Å². The second-order valence-corrected chi connectivity index (χ2v) is 7.14. The van der Waals surface area contributed by atoms with E-state index in [2.05, 4.69) is 57.3 Å². The Labute approximate surface area is 155 Å². The van der Waals surface area contributed by atoms with Crippen molar-refractivity contribution in [2.24, 2.45) is 0 Å². The zero-order chi connectivity index (χ0) is 18.5. The molecule has 1 N–H and O–H groups in total. The predicted octanol–water partition coefficient (Wildman–Crippen LogP) is 2.62. The fraction of sp³-hybridized carbons (Fsp3) is 0.500. The first-order valence-electron chi connectivity index (χ1n) is 9.36. The van der Waals surface area contributed by atoms with E-state index >= 15 is 0 Å². The SMILES string of the molecule is CCc1ccc(CN2CCCn3nc(CNC(=O)N(C)C)cc3C2)cc1. The monoisotopic (exact) mass is 355 g/mol. The molecule has 1 aromatic carbocycles. The van der Waals surface area contributed by atoms with Crippen molar-refractivity contribution in [1.29, 1.82) is 0 Å². The summed E-state index contributed by atoms with van der Waals surface area (Å²) in [7, 11) is 3.48. The molecule has 6 nitrogen and oxygen atoms in total. The normalized spacial score (nSPS) is 14.6. The summed E-state index contributed by atoms with van der Waals surface area (Å²) in [5.41, 5.74) is 4.88. The molecule has 0 saturated heterocycles. The molecule has 0 saturated carbocycles. The number of hydrogen-bond donors (Lipinski definition) is 1. The van der Waals surface area contributed by atoms with Gasteiger partial charge < -0.3 is 10.2 Å². The molecule has 3 rings (SSSR count). The maximum absolute atomic E-state index is 11.7. The predicted molar refractivity (Wildman–Crippen MR) is 103 cm³/mol. The Morgan fingerprint density at radius 2 is 1.92 bits per heavy atom. The van der Waals surface area contributed by atoms with Gasteiger partial charge >= 0.3 is 6.03 Å². The number of rotatable bonds is 5. The molecule has 140 valence electrons. The fourth-order valence-corrected chi connectivity index (χ4v) is 3.27. The van der Waals surface area contributed by atoms with Crippen molar-refractivity contribution in [3.05, 3.63) is 52.8 Å². The van der Waals surface area contributed by atoms with Crippen LogP contribution < -0.4 is 5.32 Å². The number of urea groups is 1. The summed E-state index contributed by atoms with van der Waals surface area (Å²) < 4.78 is 2.09. The van der Waals surface area contributed by atoms with Gasteiger partial charge in [0.05, 0.1) is 17.9 Å². The van der Waals surface area contributed by atoms with Gasteiger partial charge in [-0.05, 0) is 30.0 Å². The maximum Gasteiger partial charge on any atom is 0.317 e. The highest BCUT2D eigenvalue weighted by Gasteiger charge is 2.17. The average Bonchev–Trinajstić information content (AvgIpc) is 2.92. The second-order valence-electron chi connectivity index (χ2n) is 7.14. The van der Waals surface area contributed by atoms with E-state index < -0.39 is 0 Å². The summed E-state index contributed by atoms with van der Waals surface area (Å²) in [5.74, 6) is 0. The summed E-state index contributed by atoms with van der Waals surface area (Å²) >= 11 is 0. The maximum atomic E-state index is 11.7. The van der Waals surface area contributed by atoms with Crippen LogP contribution in [0.15, 0.2) is 30.3 Å². The molecular weight excluding hydrogens is 326 g/mol. The standard InChI is InChI=1S/C20H29N5O/c1-4-16-6-8-17(9-7-16)14-24-10-5-11-25-19(15-24)12-18(22-25)13-21-20(26)23(2)3/h6-9,12H,4-5,10-11,13-15H2,1-3H3,(H,21,26). The molecule has 0 fully saturated rings. The third-order valence-electron chi connectivity index (χ3n) is 4.81. The average molecular weight is 355 g/mol. The highest BCUT2D eigenvalue weighted by Crippen LogP contribution is 2.17. The molecule has 0 spiro atoms. The fourth-order valence-electron chi connectivity index (χ4n) is 3.27. The van der Waals surface area contributed by atoms with E-state index in [4.69, 9.17) is 0 Å². The summed E-state index contributed by atoms with van der Waals surface area (Å²) in [5, 5.41) is 7.55. The quantitative estimate of drug-likeness (QED) is 0.897. The highest BCUT2D eigenvalue weighted by molar-refractivity contribution is 5.73. The van der Waals surface area contributed by atoms with Crippen LogP contribution in [0.4, 0.5) is 4.79 Å². The first-order valence-corrected chi connectivity index (χ1v) is 9.36. The lowest BCUT2D eigenvalue weighted by molar-refractivity contribution is 0.217. The van der Waals surface area contributed by atoms with Crippen molar-refractivity contribution >= 4 is 6.03 Å². The topological polar surface area (TPSA) is 53.4 Å². The van der Waals surface area contributed by atoms with Crippen LogP contribution in [0.2, 0.25) is 0 Å². The van der Waals surface area contributed by atoms with Crippen molar-refractivity contribution in [3.63, 3.8) is 0 Å². The number of aryl methyl sites for hydroxylation is 2. The Hall–Kier alpha value is -2.34. The van der Waals surface area contributed by atoms with Crippen LogP contribution in [0.5, 0.6) is 0 Å². The number of nitrogens with one attached hydrogen (secondary N) is 1. The Balaban J connectivity index is 1.62.